The lowest BCUT2D eigenvalue weighted by Gasteiger charge is -2.34. The second-order valence-electron chi connectivity index (χ2n) is 7.58. The van der Waals surface area contributed by atoms with Crippen LogP contribution < -0.4 is 10.2 Å². The molecule has 2 aromatic rings. The Kier molecular flexibility index (Phi) is 7.55. The van der Waals surface area contributed by atoms with E-state index in [9.17, 15) is 15.2 Å². The van der Waals surface area contributed by atoms with Gasteiger partial charge in [0, 0.05) is 25.7 Å². The molecule has 1 unspecified atom stereocenters. The Hall–Kier alpha value is -2.76. The number of para-hydroxylation sites is 2. The van der Waals surface area contributed by atoms with Crippen molar-refractivity contribution < 1.29 is 14.6 Å². The van der Waals surface area contributed by atoms with E-state index in [0.717, 1.165) is 12.8 Å². The lowest BCUT2D eigenvalue weighted by Crippen LogP contribution is -2.53. The van der Waals surface area contributed by atoms with Crippen molar-refractivity contribution in [1.29, 1.82) is 5.26 Å². The van der Waals surface area contributed by atoms with E-state index in [1.807, 2.05) is 29.2 Å². The number of aliphatic hydroxyl groups excluding tert-OH is 1. The van der Waals surface area contributed by atoms with Gasteiger partial charge in [-0.1, -0.05) is 38.8 Å². The van der Waals surface area contributed by atoms with Crippen LogP contribution in [0.15, 0.2) is 24.3 Å². The minimum Gasteiger partial charge on any atom is -0.464 e. The van der Waals surface area contributed by atoms with E-state index < -0.39 is 11.9 Å². The maximum absolute atomic E-state index is 12.8. The van der Waals surface area contributed by atoms with Crippen molar-refractivity contribution in [2.24, 2.45) is 5.92 Å². The number of piperazine rings is 1. The number of nitrogens with zero attached hydrogens (tertiary/aromatic N) is 4. The van der Waals surface area contributed by atoms with Gasteiger partial charge < -0.3 is 20.1 Å². The van der Waals surface area contributed by atoms with E-state index >= 15 is 0 Å². The second kappa shape index (κ2) is 10.3. The predicted molar refractivity (Wildman–Crippen MR) is 114 cm³/mol. The Bertz CT molecular complexity index is 909. The van der Waals surface area contributed by atoms with Gasteiger partial charge in [-0.3, -0.25) is 4.79 Å². The summed E-state index contributed by atoms with van der Waals surface area (Å²) in [6, 6.07) is 9.36. The van der Waals surface area contributed by atoms with Crippen molar-refractivity contribution in [1.82, 2.24) is 15.3 Å². The average Bonchev–Trinajstić information content (AvgIpc) is 2.79. The van der Waals surface area contributed by atoms with Crippen molar-refractivity contribution in [3.8, 4) is 6.07 Å². The fraction of sp³-hybridized carbons (Fsp3) is 0.545. The Balaban J connectivity index is 1.97. The van der Waals surface area contributed by atoms with Crippen LogP contribution in [0.25, 0.3) is 11.0 Å². The average molecular weight is 412 g/mol. The summed E-state index contributed by atoms with van der Waals surface area (Å²) in [5, 5.41) is 22.6. The van der Waals surface area contributed by atoms with E-state index in [1.54, 1.807) is 0 Å². The number of rotatable bonds is 8. The van der Waals surface area contributed by atoms with Crippen LogP contribution in [0, 0.1) is 17.2 Å². The topological polar surface area (TPSA) is 111 Å². The molecule has 0 spiro atoms. The molecule has 1 aliphatic heterocycles. The lowest BCUT2D eigenvalue weighted by atomic mass is 10.0. The highest BCUT2D eigenvalue weighted by Crippen LogP contribution is 2.29. The molecule has 0 radical (unpaired) electrons. The molecular weight excluding hydrogens is 382 g/mol. The first-order valence-electron chi connectivity index (χ1n) is 10.5. The molecule has 160 valence electrons. The number of benzene rings is 1. The third kappa shape index (κ3) is 4.86. The SMILES string of the molecule is CCC(CC)COC(=O)C(C#N)c1nc2ccccc2nc1N1CCN[C@H](CO)C1. The van der Waals surface area contributed by atoms with Gasteiger partial charge >= 0.3 is 5.97 Å². The summed E-state index contributed by atoms with van der Waals surface area (Å²) in [5.41, 5.74) is 1.62. The Morgan fingerprint density at radius 1 is 1.33 bits per heavy atom. The molecule has 2 atom stereocenters. The zero-order valence-electron chi connectivity index (χ0n) is 17.5. The van der Waals surface area contributed by atoms with Crippen LogP contribution in [0.2, 0.25) is 0 Å². The highest BCUT2D eigenvalue weighted by atomic mass is 16.5. The molecule has 8 nitrogen and oxygen atoms in total. The van der Waals surface area contributed by atoms with Gasteiger partial charge in [0.2, 0.25) is 0 Å². The predicted octanol–water partition coefficient (Wildman–Crippen LogP) is 1.99. The monoisotopic (exact) mass is 411 g/mol. The van der Waals surface area contributed by atoms with Crippen molar-refractivity contribution in [3.63, 3.8) is 0 Å². The highest BCUT2D eigenvalue weighted by molar-refractivity contribution is 5.85. The van der Waals surface area contributed by atoms with Crippen LogP contribution in [-0.4, -0.2) is 59.9 Å². The van der Waals surface area contributed by atoms with Gasteiger partial charge in [-0.05, 0) is 18.1 Å². The molecule has 0 saturated carbocycles. The van der Waals surface area contributed by atoms with Crippen LogP contribution in [0.1, 0.15) is 38.3 Å². The largest absolute Gasteiger partial charge is 0.464 e. The summed E-state index contributed by atoms with van der Waals surface area (Å²) >= 11 is 0. The third-order valence-electron chi connectivity index (χ3n) is 5.61. The summed E-state index contributed by atoms with van der Waals surface area (Å²) in [6.07, 6.45) is 1.82. The maximum Gasteiger partial charge on any atom is 0.329 e. The fourth-order valence-corrected chi connectivity index (χ4v) is 3.60. The van der Waals surface area contributed by atoms with Gasteiger partial charge in [-0.15, -0.1) is 0 Å². The Morgan fingerprint density at radius 3 is 2.67 bits per heavy atom. The normalized spacial score (nSPS) is 17.7. The molecule has 1 fully saturated rings. The molecule has 0 amide bonds. The first-order valence-corrected chi connectivity index (χ1v) is 10.5. The van der Waals surface area contributed by atoms with Crippen molar-refractivity contribution in [2.45, 2.75) is 38.6 Å². The molecule has 2 N–H and O–H groups in total. The number of anilines is 1. The number of hydrogen-bond donors (Lipinski definition) is 2. The second-order valence-corrected chi connectivity index (χ2v) is 7.58. The molecule has 0 aliphatic carbocycles. The number of carbonyl (C=O) groups is 1. The maximum atomic E-state index is 12.8. The number of carbonyl (C=O) groups excluding carboxylic acids is 1. The third-order valence-corrected chi connectivity index (χ3v) is 5.61. The lowest BCUT2D eigenvalue weighted by molar-refractivity contribution is -0.145. The molecular formula is C22H29N5O3. The summed E-state index contributed by atoms with van der Waals surface area (Å²) in [7, 11) is 0. The van der Waals surface area contributed by atoms with E-state index in [2.05, 4.69) is 30.2 Å². The summed E-state index contributed by atoms with van der Waals surface area (Å²) < 4.78 is 5.49. The van der Waals surface area contributed by atoms with E-state index in [0.29, 0.717) is 48.8 Å². The first-order chi connectivity index (χ1) is 14.6. The number of fused-ring (bicyclic) bond motifs is 1. The van der Waals surface area contributed by atoms with Crippen molar-refractivity contribution in [2.75, 3.05) is 37.7 Å². The molecule has 0 bridgehead atoms. The number of ether oxygens (including phenoxy) is 1. The zero-order valence-corrected chi connectivity index (χ0v) is 17.5. The zero-order chi connectivity index (χ0) is 21.5. The molecule has 1 aromatic carbocycles. The minimum atomic E-state index is -1.16. The summed E-state index contributed by atoms with van der Waals surface area (Å²) in [6.45, 7) is 6.20. The number of nitrogens with one attached hydrogen (secondary N) is 1. The van der Waals surface area contributed by atoms with E-state index in [4.69, 9.17) is 9.72 Å². The molecule has 30 heavy (non-hydrogen) atoms. The summed E-state index contributed by atoms with van der Waals surface area (Å²) in [4.78, 5) is 24.2. The van der Waals surface area contributed by atoms with Crippen LogP contribution in [0.3, 0.4) is 0 Å². The molecule has 1 aliphatic rings. The molecule has 3 rings (SSSR count). The first kappa shape index (κ1) is 21.9. The number of aromatic nitrogens is 2. The molecule has 8 heteroatoms. The number of hydrogen-bond acceptors (Lipinski definition) is 8. The van der Waals surface area contributed by atoms with E-state index in [1.165, 1.54) is 0 Å². The van der Waals surface area contributed by atoms with Crippen LogP contribution >= 0.6 is 0 Å². The highest BCUT2D eigenvalue weighted by Gasteiger charge is 2.32. The van der Waals surface area contributed by atoms with Crippen LogP contribution in [0.5, 0.6) is 0 Å². The minimum absolute atomic E-state index is 0.00795. The Morgan fingerprint density at radius 2 is 2.03 bits per heavy atom. The number of nitriles is 1. The quantitative estimate of drug-likeness (QED) is 0.635. The van der Waals surface area contributed by atoms with Gasteiger partial charge in [0.25, 0.3) is 0 Å². The van der Waals surface area contributed by atoms with Gasteiger partial charge in [0.15, 0.2) is 11.7 Å². The molecule has 1 aromatic heterocycles. The van der Waals surface area contributed by atoms with Gasteiger partial charge in [0.05, 0.1) is 30.3 Å². The van der Waals surface area contributed by atoms with Gasteiger partial charge in [-0.25, -0.2) is 9.97 Å². The number of aliphatic hydroxyl groups is 1. The van der Waals surface area contributed by atoms with Gasteiger partial charge in [-0.2, -0.15) is 5.26 Å². The van der Waals surface area contributed by atoms with Crippen LogP contribution in [-0.2, 0) is 9.53 Å². The number of esters is 1. The standard InChI is InChI=1S/C22H29N5O3/c1-3-15(4-2)14-30-22(29)17(11-23)20-21(27-10-9-24-16(12-27)13-28)26-19-8-6-5-7-18(19)25-20/h5-8,15-17,24,28H,3-4,9-10,12-14H2,1-2H3/t16-,17?/m0/s1. The van der Waals surface area contributed by atoms with Crippen LogP contribution in [0.4, 0.5) is 5.82 Å². The van der Waals surface area contributed by atoms with E-state index in [-0.39, 0.29) is 18.6 Å². The summed E-state index contributed by atoms with van der Waals surface area (Å²) in [5.74, 6) is -0.980. The van der Waals surface area contributed by atoms with Crippen molar-refractivity contribution in [3.05, 3.63) is 30.0 Å². The molecule has 2 heterocycles. The van der Waals surface area contributed by atoms with Gasteiger partial charge in [0.1, 0.15) is 5.69 Å². The molecule has 1 saturated heterocycles. The van der Waals surface area contributed by atoms with Crippen molar-refractivity contribution >= 4 is 22.8 Å². The fourth-order valence-electron chi connectivity index (χ4n) is 3.60. The smallest absolute Gasteiger partial charge is 0.329 e. The Labute approximate surface area is 176 Å².